The Bertz CT molecular complexity index is 511. The molecule has 1 aromatic heterocycles. The van der Waals surface area contributed by atoms with Gasteiger partial charge in [0.15, 0.2) is 5.78 Å². The second kappa shape index (κ2) is 6.17. The fourth-order valence-corrected chi connectivity index (χ4v) is 1.68. The van der Waals surface area contributed by atoms with Crippen LogP contribution in [0, 0.1) is 0 Å². The van der Waals surface area contributed by atoms with Crippen LogP contribution in [0.5, 0.6) is 0 Å². The summed E-state index contributed by atoms with van der Waals surface area (Å²) < 4.78 is 0. The largest absolute Gasteiger partial charge is 0.370 e. The van der Waals surface area contributed by atoms with Gasteiger partial charge in [0.2, 0.25) is 0 Å². The summed E-state index contributed by atoms with van der Waals surface area (Å²) >= 11 is 5.77. The zero-order chi connectivity index (χ0) is 12.8. The van der Waals surface area contributed by atoms with Crippen molar-refractivity contribution in [1.82, 2.24) is 4.98 Å². The maximum atomic E-state index is 11.8. The van der Waals surface area contributed by atoms with Crippen LogP contribution in [0.2, 0.25) is 5.02 Å². The Morgan fingerprint density at radius 3 is 2.61 bits per heavy atom. The molecule has 0 atom stereocenters. The van der Waals surface area contributed by atoms with Crippen molar-refractivity contribution in [3.63, 3.8) is 0 Å². The molecule has 2 aromatic rings. The van der Waals surface area contributed by atoms with E-state index >= 15 is 0 Å². The molecule has 0 unspecified atom stereocenters. The van der Waals surface area contributed by atoms with Gasteiger partial charge in [-0.25, -0.2) is 4.98 Å². The van der Waals surface area contributed by atoms with E-state index in [-0.39, 0.29) is 5.78 Å². The summed E-state index contributed by atoms with van der Waals surface area (Å²) in [5.74, 6) is 0.872. The van der Waals surface area contributed by atoms with Crippen LogP contribution in [-0.4, -0.2) is 17.3 Å². The number of Topliss-reactive ketones (excluding diaryl/α,β-unsaturated/α-hetero) is 1. The van der Waals surface area contributed by atoms with Gasteiger partial charge in [0.05, 0.1) is 0 Å². The van der Waals surface area contributed by atoms with Gasteiger partial charge in [-0.2, -0.15) is 0 Å². The lowest BCUT2D eigenvalue weighted by Crippen LogP contribution is -2.09. The van der Waals surface area contributed by atoms with E-state index in [2.05, 4.69) is 10.3 Å². The van der Waals surface area contributed by atoms with E-state index in [4.69, 9.17) is 11.6 Å². The predicted octanol–water partition coefficient (Wildman–Crippen LogP) is 3.42. The highest BCUT2D eigenvalue weighted by atomic mass is 35.5. The molecule has 0 amide bonds. The van der Waals surface area contributed by atoms with E-state index in [1.54, 1.807) is 30.5 Å². The number of pyridine rings is 1. The lowest BCUT2D eigenvalue weighted by molar-refractivity contribution is 0.0986. The van der Waals surface area contributed by atoms with Crippen LogP contribution in [-0.2, 0) is 0 Å². The zero-order valence-corrected chi connectivity index (χ0v) is 10.5. The number of hydrogen-bond donors (Lipinski definition) is 1. The van der Waals surface area contributed by atoms with Crippen molar-refractivity contribution in [3.8, 4) is 0 Å². The molecule has 18 heavy (non-hydrogen) atoms. The Morgan fingerprint density at radius 1 is 1.17 bits per heavy atom. The molecule has 0 aliphatic heterocycles. The van der Waals surface area contributed by atoms with Crippen molar-refractivity contribution >= 4 is 23.2 Å². The molecule has 1 heterocycles. The average molecular weight is 261 g/mol. The van der Waals surface area contributed by atoms with E-state index in [9.17, 15) is 4.79 Å². The molecular weight excluding hydrogens is 248 g/mol. The topological polar surface area (TPSA) is 42.0 Å². The highest BCUT2D eigenvalue weighted by Crippen LogP contribution is 2.11. The van der Waals surface area contributed by atoms with Gasteiger partial charge in [0.1, 0.15) is 5.82 Å². The SMILES string of the molecule is O=C(CCNc1ccccn1)c1ccc(Cl)cc1. The van der Waals surface area contributed by atoms with E-state index in [0.717, 1.165) is 5.82 Å². The second-order valence-corrected chi connectivity index (χ2v) is 4.26. The first kappa shape index (κ1) is 12.6. The van der Waals surface area contributed by atoms with Crippen molar-refractivity contribution in [3.05, 3.63) is 59.2 Å². The number of carbonyl (C=O) groups is 1. The highest BCUT2D eigenvalue weighted by molar-refractivity contribution is 6.30. The van der Waals surface area contributed by atoms with Crippen LogP contribution in [0.3, 0.4) is 0 Å². The molecule has 2 rings (SSSR count). The number of hydrogen-bond acceptors (Lipinski definition) is 3. The van der Waals surface area contributed by atoms with Gasteiger partial charge >= 0.3 is 0 Å². The minimum absolute atomic E-state index is 0.0927. The summed E-state index contributed by atoms with van der Waals surface area (Å²) in [6, 6.07) is 12.5. The number of benzene rings is 1. The van der Waals surface area contributed by atoms with Crippen molar-refractivity contribution in [2.45, 2.75) is 6.42 Å². The van der Waals surface area contributed by atoms with Gasteiger partial charge in [-0.1, -0.05) is 17.7 Å². The van der Waals surface area contributed by atoms with Crippen LogP contribution in [0.1, 0.15) is 16.8 Å². The molecule has 0 saturated carbocycles. The van der Waals surface area contributed by atoms with Crippen molar-refractivity contribution in [1.29, 1.82) is 0 Å². The van der Waals surface area contributed by atoms with Crippen LogP contribution in [0.15, 0.2) is 48.7 Å². The molecule has 1 aromatic carbocycles. The fourth-order valence-electron chi connectivity index (χ4n) is 1.55. The van der Waals surface area contributed by atoms with E-state index in [1.807, 2.05) is 18.2 Å². The molecule has 0 spiro atoms. The van der Waals surface area contributed by atoms with Crippen molar-refractivity contribution in [2.24, 2.45) is 0 Å². The van der Waals surface area contributed by atoms with Crippen LogP contribution < -0.4 is 5.32 Å². The number of anilines is 1. The summed E-state index contributed by atoms with van der Waals surface area (Å²) in [6.45, 7) is 0.568. The first-order chi connectivity index (χ1) is 8.75. The van der Waals surface area contributed by atoms with Crippen molar-refractivity contribution < 1.29 is 4.79 Å². The summed E-state index contributed by atoms with van der Waals surface area (Å²) in [7, 11) is 0. The monoisotopic (exact) mass is 260 g/mol. The maximum absolute atomic E-state index is 11.8. The Morgan fingerprint density at radius 2 is 1.94 bits per heavy atom. The van der Waals surface area contributed by atoms with Crippen molar-refractivity contribution in [2.75, 3.05) is 11.9 Å². The molecule has 0 bridgehead atoms. The smallest absolute Gasteiger partial charge is 0.164 e. The molecule has 0 aliphatic rings. The summed E-state index contributed by atoms with van der Waals surface area (Å²) in [5.41, 5.74) is 0.683. The minimum Gasteiger partial charge on any atom is -0.370 e. The lowest BCUT2D eigenvalue weighted by Gasteiger charge is -2.04. The van der Waals surface area contributed by atoms with Crippen LogP contribution >= 0.6 is 11.6 Å². The summed E-state index contributed by atoms with van der Waals surface area (Å²) in [4.78, 5) is 16.0. The van der Waals surface area contributed by atoms with Gasteiger partial charge in [0.25, 0.3) is 0 Å². The molecule has 0 radical (unpaired) electrons. The standard InChI is InChI=1S/C14H13ClN2O/c15-12-6-4-11(5-7-12)13(18)8-10-17-14-3-1-2-9-16-14/h1-7,9H,8,10H2,(H,16,17). The van der Waals surface area contributed by atoms with Crippen LogP contribution in [0.25, 0.3) is 0 Å². The van der Waals surface area contributed by atoms with Gasteiger partial charge in [-0.15, -0.1) is 0 Å². The Labute approximate surface area is 111 Å². The zero-order valence-electron chi connectivity index (χ0n) is 9.77. The van der Waals surface area contributed by atoms with E-state index in [1.165, 1.54) is 0 Å². The first-order valence-corrected chi connectivity index (χ1v) is 6.07. The van der Waals surface area contributed by atoms with Gasteiger partial charge in [-0.05, 0) is 36.4 Å². The number of nitrogens with zero attached hydrogens (tertiary/aromatic N) is 1. The third-order valence-corrected chi connectivity index (χ3v) is 2.74. The number of rotatable bonds is 5. The Hall–Kier alpha value is -1.87. The number of nitrogens with one attached hydrogen (secondary N) is 1. The maximum Gasteiger partial charge on any atom is 0.164 e. The Balaban J connectivity index is 1.84. The minimum atomic E-state index is 0.0927. The number of halogens is 1. The molecule has 92 valence electrons. The molecule has 1 N–H and O–H groups in total. The number of aromatic nitrogens is 1. The third-order valence-electron chi connectivity index (χ3n) is 2.49. The molecular formula is C14H13ClN2O. The molecule has 3 nitrogen and oxygen atoms in total. The summed E-state index contributed by atoms with van der Waals surface area (Å²) in [5, 5.41) is 3.74. The van der Waals surface area contributed by atoms with Crippen LogP contribution in [0.4, 0.5) is 5.82 Å². The van der Waals surface area contributed by atoms with E-state index in [0.29, 0.717) is 23.6 Å². The average Bonchev–Trinajstić information content (AvgIpc) is 2.40. The summed E-state index contributed by atoms with van der Waals surface area (Å²) in [6.07, 6.45) is 2.14. The molecule has 4 heteroatoms. The molecule has 0 aliphatic carbocycles. The Kier molecular flexibility index (Phi) is 4.31. The van der Waals surface area contributed by atoms with E-state index < -0.39 is 0 Å². The normalized spacial score (nSPS) is 10.1. The predicted molar refractivity (Wildman–Crippen MR) is 73.1 cm³/mol. The first-order valence-electron chi connectivity index (χ1n) is 5.69. The molecule has 0 saturated heterocycles. The van der Waals surface area contributed by atoms with Gasteiger partial charge in [-0.3, -0.25) is 4.79 Å². The van der Waals surface area contributed by atoms with Gasteiger partial charge in [0, 0.05) is 29.7 Å². The third kappa shape index (κ3) is 3.57. The number of ketones is 1. The lowest BCUT2D eigenvalue weighted by atomic mass is 10.1. The quantitative estimate of drug-likeness (QED) is 0.838. The molecule has 0 fully saturated rings. The fraction of sp³-hybridized carbons (Fsp3) is 0.143. The number of carbonyl (C=O) groups excluding carboxylic acids is 1. The second-order valence-electron chi connectivity index (χ2n) is 3.82. The van der Waals surface area contributed by atoms with Gasteiger partial charge < -0.3 is 5.32 Å². The highest BCUT2D eigenvalue weighted by Gasteiger charge is 2.05.